The van der Waals surface area contributed by atoms with E-state index in [0.29, 0.717) is 0 Å². The van der Waals surface area contributed by atoms with Crippen molar-refractivity contribution in [3.63, 3.8) is 0 Å². The van der Waals surface area contributed by atoms with Gasteiger partial charge in [-0.3, -0.25) is 9.52 Å². The maximum Gasteiger partial charge on any atom is 0.413 e. The highest BCUT2D eigenvalue weighted by molar-refractivity contribution is 5.07. The molecule has 0 radical (unpaired) electrons. The maximum absolute atomic E-state index is 11.7. The SMILES string of the molecule is Cc1cc(CNOCC(F)(F)F)n(C)n1. The van der Waals surface area contributed by atoms with Crippen LogP contribution in [0.1, 0.15) is 11.4 Å². The Morgan fingerprint density at radius 1 is 1.53 bits per heavy atom. The number of hydrogen-bond acceptors (Lipinski definition) is 3. The Kier molecular flexibility index (Phi) is 3.70. The summed E-state index contributed by atoms with van der Waals surface area (Å²) in [6.07, 6.45) is -4.31. The van der Waals surface area contributed by atoms with Crippen LogP contribution in [0.3, 0.4) is 0 Å². The quantitative estimate of drug-likeness (QED) is 0.618. The highest BCUT2D eigenvalue weighted by Crippen LogP contribution is 2.13. The van der Waals surface area contributed by atoms with Crippen molar-refractivity contribution in [3.05, 3.63) is 17.5 Å². The minimum absolute atomic E-state index is 0.188. The van der Waals surface area contributed by atoms with Crippen LogP contribution in [0.15, 0.2) is 6.07 Å². The average Bonchev–Trinajstić information content (AvgIpc) is 2.37. The number of hydroxylamine groups is 1. The summed E-state index contributed by atoms with van der Waals surface area (Å²) in [5.74, 6) is 0. The molecule has 0 saturated carbocycles. The third-order valence-corrected chi connectivity index (χ3v) is 1.69. The van der Waals surface area contributed by atoms with Crippen LogP contribution in [-0.2, 0) is 18.4 Å². The lowest BCUT2D eigenvalue weighted by molar-refractivity contribution is -0.190. The Labute approximate surface area is 85.0 Å². The molecule has 0 aromatic carbocycles. The molecule has 1 aromatic rings. The van der Waals surface area contributed by atoms with Gasteiger partial charge in [-0.1, -0.05) is 0 Å². The van der Waals surface area contributed by atoms with E-state index in [9.17, 15) is 13.2 Å². The number of rotatable bonds is 4. The first-order valence-corrected chi connectivity index (χ1v) is 4.29. The fraction of sp³-hybridized carbons (Fsp3) is 0.625. The van der Waals surface area contributed by atoms with Crippen molar-refractivity contribution in [3.8, 4) is 0 Å². The first kappa shape index (κ1) is 12.0. The van der Waals surface area contributed by atoms with Crippen molar-refractivity contribution in [1.82, 2.24) is 15.3 Å². The number of halogens is 3. The molecule has 0 saturated heterocycles. The Hall–Kier alpha value is -1.08. The number of nitrogens with one attached hydrogen (secondary N) is 1. The van der Waals surface area contributed by atoms with Crippen molar-refractivity contribution < 1.29 is 18.0 Å². The molecule has 0 unspecified atom stereocenters. The van der Waals surface area contributed by atoms with Crippen LogP contribution in [0.25, 0.3) is 0 Å². The predicted molar refractivity (Wildman–Crippen MR) is 46.8 cm³/mol. The molecule has 1 aromatic heterocycles. The largest absolute Gasteiger partial charge is 0.413 e. The van der Waals surface area contributed by atoms with Gasteiger partial charge < -0.3 is 0 Å². The van der Waals surface area contributed by atoms with E-state index in [1.807, 2.05) is 0 Å². The molecule has 0 aliphatic carbocycles. The van der Waals surface area contributed by atoms with Crippen LogP contribution < -0.4 is 5.48 Å². The third-order valence-electron chi connectivity index (χ3n) is 1.69. The molecule has 1 heterocycles. The monoisotopic (exact) mass is 223 g/mol. The molecular formula is C8H12F3N3O. The Morgan fingerprint density at radius 3 is 2.67 bits per heavy atom. The molecule has 15 heavy (non-hydrogen) atoms. The number of nitrogens with zero attached hydrogens (tertiary/aromatic N) is 2. The van der Waals surface area contributed by atoms with Crippen LogP contribution in [0.4, 0.5) is 13.2 Å². The maximum atomic E-state index is 11.7. The summed E-state index contributed by atoms with van der Waals surface area (Å²) < 4.78 is 36.6. The highest BCUT2D eigenvalue weighted by atomic mass is 19.4. The predicted octanol–water partition coefficient (Wildman–Crippen LogP) is 1.31. The zero-order chi connectivity index (χ0) is 11.5. The molecule has 4 nitrogen and oxygen atoms in total. The highest BCUT2D eigenvalue weighted by Gasteiger charge is 2.27. The summed E-state index contributed by atoms with van der Waals surface area (Å²) in [5.41, 5.74) is 3.80. The van der Waals surface area contributed by atoms with Crippen molar-refractivity contribution in [2.45, 2.75) is 19.6 Å². The molecular weight excluding hydrogens is 211 g/mol. The zero-order valence-electron chi connectivity index (χ0n) is 8.43. The molecule has 0 bridgehead atoms. The van der Waals surface area contributed by atoms with Gasteiger partial charge >= 0.3 is 6.18 Å². The zero-order valence-corrected chi connectivity index (χ0v) is 8.43. The van der Waals surface area contributed by atoms with Crippen LogP contribution in [-0.4, -0.2) is 22.6 Å². The van der Waals surface area contributed by atoms with Crippen molar-refractivity contribution in [2.75, 3.05) is 6.61 Å². The Morgan fingerprint density at radius 2 is 2.20 bits per heavy atom. The number of aromatic nitrogens is 2. The van der Waals surface area contributed by atoms with E-state index in [-0.39, 0.29) is 6.54 Å². The summed E-state index contributed by atoms with van der Waals surface area (Å²) in [4.78, 5) is 4.25. The molecule has 1 rings (SSSR count). The van der Waals surface area contributed by atoms with Gasteiger partial charge in [-0.25, -0.2) is 0 Å². The first-order valence-electron chi connectivity index (χ1n) is 4.29. The first-order chi connectivity index (χ1) is 6.88. The van der Waals surface area contributed by atoms with Gasteiger partial charge in [-0.2, -0.15) is 23.8 Å². The van der Waals surface area contributed by atoms with Gasteiger partial charge in [0.05, 0.1) is 17.9 Å². The van der Waals surface area contributed by atoms with E-state index >= 15 is 0 Å². The Bertz CT molecular complexity index is 321. The smallest absolute Gasteiger partial charge is 0.292 e. The van der Waals surface area contributed by atoms with Crippen LogP contribution in [0.5, 0.6) is 0 Å². The van der Waals surface area contributed by atoms with E-state index < -0.39 is 12.8 Å². The van der Waals surface area contributed by atoms with Crippen LogP contribution >= 0.6 is 0 Å². The number of alkyl halides is 3. The number of hydrogen-bond donors (Lipinski definition) is 1. The van der Waals surface area contributed by atoms with E-state index in [4.69, 9.17) is 0 Å². The van der Waals surface area contributed by atoms with Crippen LogP contribution in [0.2, 0.25) is 0 Å². The normalized spacial score (nSPS) is 12.1. The second kappa shape index (κ2) is 4.63. The van der Waals surface area contributed by atoms with Gasteiger partial charge in [0.25, 0.3) is 0 Å². The number of aryl methyl sites for hydroxylation is 2. The third kappa shape index (κ3) is 4.30. The summed E-state index contributed by atoms with van der Waals surface area (Å²) in [5, 5.41) is 4.04. The standard InChI is InChI=1S/C8H12F3N3O/c1-6-3-7(14(2)13-6)4-12-15-5-8(9,10)11/h3,12H,4-5H2,1-2H3. The molecule has 0 spiro atoms. The summed E-state index contributed by atoms with van der Waals surface area (Å²) >= 11 is 0. The molecule has 0 aliphatic heterocycles. The van der Waals surface area contributed by atoms with Crippen molar-refractivity contribution in [2.24, 2.45) is 7.05 Å². The van der Waals surface area contributed by atoms with Gasteiger partial charge in [-0.15, -0.1) is 0 Å². The Balaban J connectivity index is 2.29. The van der Waals surface area contributed by atoms with E-state index in [1.54, 1.807) is 24.7 Å². The fourth-order valence-electron chi connectivity index (χ4n) is 1.09. The van der Waals surface area contributed by atoms with E-state index in [2.05, 4.69) is 15.4 Å². The lowest BCUT2D eigenvalue weighted by atomic mass is 10.4. The van der Waals surface area contributed by atoms with Gasteiger partial charge in [0.2, 0.25) is 0 Å². The van der Waals surface area contributed by atoms with Gasteiger partial charge in [0.1, 0.15) is 0 Å². The van der Waals surface area contributed by atoms with Gasteiger partial charge in [-0.05, 0) is 13.0 Å². The lowest BCUT2D eigenvalue weighted by Crippen LogP contribution is -2.25. The summed E-state index contributed by atoms with van der Waals surface area (Å²) in [6.45, 7) is 0.692. The second-order valence-corrected chi connectivity index (χ2v) is 3.13. The lowest BCUT2D eigenvalue weighted by Gasteiger charge is -2.08. The molecule has 0 amide bonds. The molecule has 86 valence electrons. The minimum Gasteiger partial charge on any atom is -0.292 e. The summed E-state index contributed by atoms with van der Waals surface area (Å²) in [6, 6.07) is 1.77. The van der Waals surface area contributed by atoms with Crippen molar-refractivity contribution >= 4 is 0 Å². The molecule has 1 N–H and O–H groups in total. The topological polar surface area (TPSA) is 39.1 Å². The summed E-state index contributed by atoms with van der Waals surface area (Å²) in [7, 11) is 1.72. The molecule has 0 atom stereocenters. The molecule has 0 aliphatic rings. The van der Waals surface area contributed by atoms with E-state index in [0.717, 1.165) is 11.4 Å². The van der Waals surface area contributed by atoms with Crippen molar-refractivity contribution in [1.29, 1.82) is 0 Å². The minimum atomic E-state index is -4.31. The fourth-order valence-corrected chi connectivity index (χ4v) is 1.09. The second-order valence-electron chi connectivity index (χ2n) is 3.13. The average molecular weight is 223 g/mol. The van der Waals surface area contributed by atoms with E-state index in [1.165, 1.54) is 0 Å². The van der Waals surface area contributed by atoms with Crippen LogP contribution in [0, 0.1) is 6.92 Å². The molecule has 0 fully saturated rings. The van der Waals surface area contributed by atoms with Gasteiger partial charge in [0, 0.05) is 7.05 Å². The molecule has 7 heteroatoms. The van der Waals surface area contributed by atoms with Gasteiger partial charge in [0.15, 0.2) is 6.61 Å².